The van der Waals surface area contributed by atoms with E-state index in [-0.39, 0.29) is 18.2 Å². The maximum Gasteiger partial charge on any atom is 0.273 e. The third-order valence-corrected chi connectivity index (χ3v) is 8.11. The summed E-state index contributed by atoms with van der Waals surface area (Å²) in [5, 5.41) is 6.67. The highest BCUT2D eigenvalue weighted by Gasteiger charge is 2.22. The van der Waals surface area contributed by atoms with E-state index < -0.39 is 11.7 Å². The average molecular weight is 572 g/mol. The van der Waals surface area contributed by atoms with Crippen molar-refractivity contribution in [1.82, 2.24) is 20.3 Å². The minimum absolute atomic E-state index is 0.153. The molecule has 3 heterocycles. The Labute approximate surface area is 239 Å². The van der Waals surface area contributed by atoms with Gasteiger partial charge in [0.1, 0.15) is 5.82 Å². The van der Waals surface area contributed by atoms with Crippen molar-refractivity contribution in [2.45, 2.75) is 21.6 Å². The van der Waals surface area contributed by atoms with Gasteiger partial charge in [0.25, 0.3) is 5.91 Å². The number of rotatable bonds is 11. The predicted octanol–water partition coefficient (Wildman–Crippen LogP) is 6.68. The summed E-state index contributed by atoms with van der Waals surface area (Å²) in [4.78, 5) is 26.1. The number of hydrogen-bond donors (Lipinski definition) is 2. The van der Waals surface area contributed by atoms with Crippen LogP contribution in [0.2, 0.25) is 0 Å². The maximum atomic E-state index is 15.5. The number of aromatic nitrogens is 3. The molecule has 7 nitrogen and oxygen atoms in total. The number of methoxy groups -OCH3 is 1. The Morgan fingerprint density at radius 3 is 2.58 bits per heavy atom. The lowest BCUT2D eigenvalue weighted by molar-refractivity contribution is 0.0942. The summed E-state index contributed by atoms with van der Waals surface area (Å²) < 4.78 is 21.7. The van der Waals surface area contributed by atoms with Crippen LogP contribution in [0.4, 0.5) is 15.3 Å². The van der Waals surface area contributed by atoms with Crippen LogP contribution in [0.15, 0.2) is 107 Å². The van der Waals surface area contributed by atoms with Crippen LogP contribution in [-0.2, 0) is 11.3 Å². The molecule has 0 radical (unpaired) electrons. The Bertz CT molecular complexity index is 1570. The molecule has 5 rings (SSSR count). The summed E-state index contributed by atoms with van der Waals surface area (Å²) in [5.41, 5.74) is 2.84. The van der Waals surface area contributed by atoms with E-state index >= 15 is 4.39 Å². The minimum Gasteiger partial charge on any atom is -0.380 e. The Morgan fingerprint density at radius 1 is 0.975 bits per heavy atom. The summed E-state index contributed by atoms with van der Waals surface area (Å²) in [6.45, 7) is 0.707. The van der Waals surface area contributed by atoms with E-state index in [1.54, 1.807) is 25.6 Å². The monoisotopic (exact) mass is 571 g/mol. The normalized spacial score (nSPS) is 11.7. The zero-order chi connectivity index (χ0) is 27.7. The lowest BCUT2D eigenvalue weighted by Gasteiger charge is -2.22. The highest BCUT2D eigenvalue weighted by Crippen LogP contribution is 2.36. The second-order valence-electron chi connectivity index (χ2n) is 8.70. The van der Waals surface area contributed by atoms with E-state index in [1.165, 1.54) is 29.3 Å². The molecule has 0 spiro atoms. The Kier molecular flexibility index (Phi) is 9.12. The molecule has 2 N–H and O–H groups in total. The molecular weight excluding hydrogens is 545 g/mol. The van der Waals surface area contributed by atoms with Gasteiger partial charge in [-0.15, -0.1) is 0 Å². The quantitative estimate of drug-likeness (QED) is 0.183. The highest BCUT2D eigenvalue weighted by molar-refractivity contribution is 8.01. The van der Waals surface area contributed by atoms with Crippen LogP contribution in [-0.4, -0.2) is 34.5 Å². The van der Waals surface area contributed by atoms with Gasteiger partial charge in [0.15, 0.2) is 16.6 Å². The summed E-state index contributed by atoms with van der Waals surface area (Å²) in [7, 11) is 1.65. The summed E-state index contributed by atoms with van der Waals surface area (Å²) in [6, 6.07) is 24.9. The first kappa shape index (κ1) is 27.4. The van der Waals surface area contributed by atoms with Crippen molar-refractivity contribution in [1.29, 1.82) is 0 Å². The first-order valence-corrected chi connectivity index (χ1v) is 14.1. The molecule has 0 saturated heterocycles. The Balaban J connectivity index is 1.31. The fourth-order valence-corrected chi connectivity index (χ4v) is 6.08. The third kappa shape index (κ3) is 6.71. The summed E-state index contributed by atoms with van der Waals surface area (Å²) >= 11 is 2.55. The molecule has 3 aromatic heterocycles. The predicted molar refractivity (Wildman–Crippen MR) is 156 cm³/mol. The molecule has 40 heavy (non-hydrogen) atoms. The van der Waals surface area contributed by atoms with Crippen molar-refractivity contribution in [2.24, 2.45) is 0 Å². The fourth-order valence-electron chi connectivity index (χ4n) is 4.21. The van der Waals surface area contributed by atoms with Crippen molar-refractivity contribution in [3.05, 3.63) is 126 Å². The van der Waals surface area contributed by atoms with Gasteiger partial charge in [-0.1, -0.05) is 83.8 Å². The van der Waals surface area contributed by atoms with Crippen LogP contribution in [0.5, 0.6) is 0 Å². The zero-order valence-corrected chi connectivity index (χ0v) is 23.2. The largest absolute Gasteiger partial charge is 0.380 e. The van der Waals surface area contributed by atoms with Crippen molar-refractivity contribution >= 4 is 40.0 Å². The van der Waals surface area contributed by atoms with Crippen LogP contribution in [0.3, 0.4) is 0 Å². The second kappa shape index (κ2) is 13.3. The number of nitrogens with one attached hydrogen (secondary N) is 2. The van der Waals surface area contributed by atoms with Gasteiger partial charge in [0.2, 0.25) is 0 Å². The minimum atomic E-state index is -0.673. The molecule has 1 atom stereocenters. The number of anilines is 2. The smallest absolute Gasteiger partial charge is 0.273 e. The van der Waals surface area contributed by atoms with E-state index in [4.69, 9.17) is 4.74 Å². The van der Waals surface area contributed by atoms with Crippen molar-refractivity contribution in [3.63, 3.8) is 0 Å². The Hall–Kier alpha value is -4.12. The lowest BCUT2D eigenvalue weighted by Crippen LogP contribution is -2.30. The molecule has 0 aliphatic rings. The highest BCUT2D eigenvalue weighted by atomic mass is 32.2. The van der Waals surface area contributed by atoms with Crippen molar-refractivity contribution in [2.75, 3.05) is 19.0 Å². The molecule has 1 amide bonds. The molecule has 0 aliphatic carbocycles. The van der Waals surface area contributed by atoms with Gasteiger partial charge in [-0.25, -0.2) is 19.3 Å². The lowest BCUT2D eigenvalue weighted by atomic mass is 9.88. The van der Waals surface area contributed by atoms with Gasteiger partial charge in [0.05, 0.1) is 21.9 Å². The molecule has 0 saturated carbocycles. The fraction of sp³-hybridized carbons (Fsp3) is 0.133. The number of thiazole rings is 1. The van der Waals surface area contributed by atoms with Crippen LogP contribution in [0, 0.1) is 5.82 Å². The molecule has 0 bridgehead atoms. The number of amides is 1. The average Bonchev–Trinajstić information content (AvgIpc) is 3.42. The van der Waals surface area contributed by atoms with E-state index in [1.807, 2.05) is 72.8 Å². The van der Waals surface area contributed by atoms with Gasteiger partial charge in [-0.05, 0) is 34.9 Å². The number of halogens is 1. The molecule has 202 valence electrons. The first-order chi connectivity index (χ1) is 19.6. The first-order valence-electron chi connectivity index (χ1n) is 12.5. The number of carbonyl (C=O) groups is 1. The van der Waals surface area contributed by atoms with Gasteiger partial charge in [-0.2, -0.15) is 0 Å². The Morgan fingerprint density at radius 2 is 1.77 bits per heavy atom. The van der Waals surface area contributed by atoms with Crippen LogP contribution in [0.1, 0.15) is 33.1 Å². The van der Waals surface area contributed by atoms with Crippen molar-refractivity contribution in [3.8, 4) is 0 Å². The van der Waals surface area contributed by atoms with Gasteiger partial charge >= 0.3 is 0 Å². The standard InChI is InChI=1S/C30H26FN5O2S2/c1-38-19-21-11-5-6-12-22(21)23(20-9-3-2-4-10-20)17-34-29(37)28-27(31)24(14-16-33-28)39-26-18-35-30(40-26)36-25-13-7-8-15-32-25/h2-16,18,23H,17,19H2,1H3,(H,34,37)(H,32,35,36)/t23-/m0/s1. The molecule has 5 aromatic rings. The molecule has 0 fully saturated rings. The molecule has 10 heteroatoms. The zero-order valence-electron chi connectivity index (χ0n) is 21.6. The SMILES string of the molecule is COCc1ccccc1[C@@H](CNC(=O)c1nccc(Sc2cnc(Nc3ccccn3)s2)c1F)c1ccccc1. The van der Waals surface area contributed by atoms with Crippen LogP contribution >= 0.6 is 23.1 Å². The van der Waals surface area contributed by atoms with E-state index in [0.29, 0.717) is 22.5 Å². The number of nitrogens with zero attached hydrogens (tertiary/aromatic N) is 3. The summed E-state index contributed by atoms with van der Waals surface area (Å²) in [6.07, 6.45) is 4.78. The third-order valence-electron chi connectivity index (χ3n) is 6.06. The van der Waals surface area contributed by atoms with Gasteiger partial charge in [0, 0.05) is 32.0 Å². The van der Waals surface area contributed by atoms with Gasteiger partial charge in [-0.3, -0.25) is 4.79 Å². The molecular formula is C30H26FN5O2S2. The number of pyridine rings is 2. The van der Waals surface area contributed by atoms with Crippen molar-refractivity contribution < 1.29 is 13.9 Å². The molecule has 2 aromatic carbocycles. The van der Waals surface area contributed by atoms with E-state index in [0.717, 1.165) is 20.9 Å². The molecule has 0 unspecified atom stereocenters. The van der Waals surface area contributed by atoms with E-state index in [9.17, 15) is 4.79 Å². The molecule has 0 aliphatic heterocycles. The van der Waals surface area contributed by atoms with Gasteiger partial charge < -0.3 is 15.4 Å². The number of benzene rings is 2. The van der Waals surface area contributed by atoms with Crippen LogP contribution in [0.25, 0.3) is 0 Å². The number of ether oxygens (including phenoxy) is 1. The van der Waals surface area contributed by atoms with E-state index in [2.05, 4.69) is 25.6 Å². The topological polar surface area (TPSA) is 89.0 Å². The summed E-state index contributed by atoms with van der Waals surface area (Å²) in [5.74, 6) is -0.735. The number of hydrogen-bond acceptors (Lipinski definition) is 8. The maximum absolute atomic E-state index is 15.5. The number of carbonyl (C=O) groups excluding carboxylic acids is 1. The second-order valence-corrected chi connectivity index (χ2v) is 11.1. The van der Waals surface area contributed by atoms with Crippen LogP contribution < -0.4 is 10.6 Å².